The van der Waals surface area contributed by atoms with Crippen molar-refractivity contribution in [3.8, 4) is 0 Å². The number of benzene rings is 2. The molecule has 3 aromatic rings. The number of hydrogen-bond donors (Lipinski definition) is 2. The molecule has 0 aliphatic heterocycles. The molecule has 1 aromatic heterocycles. The van der Waals surface area contributed by atoms with Gasteiger partial charge < -0.3 is 10.6 Å². The third kappa shape index (κ3) is 5.17. The second-order valence-corrected chi connectivity index (χ2v) is 7.63. The molecule has 0 saturated carbocycles. The highest BCUT2D eigenvalue weighted by Crippen LogP contribution is 2.19. The van der Waals surface area contributed by atoms with E-state index in [1.54, 1.807) is 24.3 Å². The van der Waals surface area contributed by atoms with Crippen LogP contribution in [0.5, 0.6) is 0 Å². The standard InChI is InChI=1S/C24H28N4O3/c1-4-5-8-14-28-24(31)19-13-7-6-12-18(19)22(27-28)23(30)25-15-20(29)26-21-16(2)10-9-11-17(21)3/h6-7,9-13H,4-5,8,14-15H2,1-3H3,(H,25,30)(H,26,29). The van der Waals surface area contributed by atoms with E-state index >= 15 is 0 Å². The van der Waals surface area contributed by atoms with Crippen molar-refractivity contribution in [2.75, 3.05) is 11.9 Å². The molecule has 7 nitrogen and oxygen atoms in total. The first-order chi connectivity index (χ1) is 14.9. The van der Waals surface area contributed by atoms with E-state index in [9.17, 15) is 14.4 Å². The van der Waals surface area contributed by atoms with Gasteiger partial charge in [-0.15, -0.1) is 0 Å². The molecule has 2 aromatic carbocycles. The Balaban J connectivity index is 1.79. The number of carbonyl (C=O) groups is 2. The Labute approximate surface area is 181 Å². The van der Waals surface area contributed by atoms with Crippen molar-refractivity contribution in [2.45, 2.75) is 46.6 Å². The molecular weight excluding hydrogens is 392 g/mol. The van der Waals surface area contributed by atoms with Crippen molar-refractivity contribution in [1.29, 1.82) is 0 Å². The van der Waals surface area contributed by atoms with Gasteiger partial charge in [0.1, 0.15) is 0 Å². The molecule has 162 valence electrons. The molecule has 0 radical (unpaired) electrons. The van der Waals surface area contributed by atoms with Crippen LogP contribution >= 0.6 is 0 Å². The number of carbonyl (C=O) groups excluding carboxylic acids is 2. The topological polar surface area (TPSA) is 93.1 Å². The molecule has 0 unspecified atom stereocenters. The van der Waals surface area contributed by atoms with Crippen molar-refractivity contribution in [3.63, 3.8) is 0 Å². The number of amides is 2. The van der Waals surface area contributed by atoms with Crippen LogP contribution in [-0.2, 0) is 11.3 Å². The lowest BCUT2D eigenvalue weighted by Gasteiger charge is -2.13. The maximum Gasteiger partial charge on any atom is 0.274 e. The number of nitrogens with zero attached hydrogens (tertiary/aromatic N) is 2. The first kappa shape index (κ1) is 22.2. The minimum absolute atomic E-state index is 0.145. The molecule has 7 heteroatoms. The fourth-order valence-corrected chi connectivity index (χ4v) is 3.51. The minimum atomic E-state index is -0.489. The van der Waals surface area contributed by atoms with Crippen LogP contribution in [0.15, 0.2) is 47.3 Å². The van der Waals surface area contributed by atoms with Crippen LogP contribution in [0.3, 0.4) is 0 Å². The summed E-state index contributed by atoms with van der Waals surface area (Å²) < 4.78 is 1.35. The average molecular weight is 421 g/mol. The van der Waals surface area contributed by atoms with Crippen LogP contribution in [0.25, 0.3) is 10.8 Å². The van der Waals surface area contributed by atoms with Crippen LogP contribution < -0.4 is 16.2 Å². The molecule has 3 rings (SSSR count). The first-order valence-corrected chi connectivity index (χ1v) is 10.6. The lowest BCUT2D eigenvalue weighted by molar-refractivity contribution is -0.115. The van der Waals surface area contributed by atoms with E-state index in [2.05, 4.69) is 22.7 Å². The lowest BCUT2D eigenvalue weighted by atomic mass is 10.1. The molecule has 2 N–H and O–H groups in total. The quantitative estimate of drug-likeness (QED) is 0.545. The molecule has 2 amide bonds. The van der Waals surface area contributed by atoms with E-state index in [-0.39, 0.29) is 23.7 Å². The van der Waals surface area contributed by atoms with E-state index in [1.165, 1.54) is 4.68 Å². The summed E-state index contributed by atoms with van der Waals surface area (Å²) in [4.78, 5) is 38.0. The third-order valence-corrected chi connectivity index (χ3v) is 5.21. The average Bonchev–Trinajstić information content (AvgIpc) is 2.76. The molecule has 31 heavy (non-hydrogen) atoms. The Morgan fingerprint density at radius 1 is 0.968 bits per heavy atom. The Bertz CT molecular complexity index is 1150. The van der Waals surface area contributed by atoms with Gasteiger partial charge >= 0.3 is 0 Å². The van der Waals surface area contributed by atoms with Crippen molar-refractivity contribution in [2.24, 2.45) is 0 Å². The zero-order valence-electron chi connectivity index (χ0n) is 18.2. The van der Waals surface area contributed by atoms with Crippen molar-refractivity contribution >= 4 is 28.3 Å². The highest BCUT2D eigenvalue weighted by atomic mass is 16.2. The molecule has 0 saturated heterocycles. The van der Waals surface area contributed by atoms with E-state index in [1.807, 2.05) is 32.0 Å². The normalized spacial score (nSPS) is 10.8. The zero-order chi connectivity index (χ0) is 22.4. The number of fused-ring (bicyclic) bond motifs is 1. The molecule has 0 fully saturated rings. The molecule has 0 aliphatic carbocycles. The molecule has 0 spiro atoms. The highest BCUT2D eigenvalue weighted by molar-refractivity contribution is 6.06. The van der Waals surface area contributed by atoms with Crippen LogP contribution in [0.2, 0.25) is 0 Å². The van der Waals surface area contributed by atoms with E-state index in [0.29, 0.717) is 17.3 Å². The van der Waals surface area contributed by atoms with Gasteiger partial charge in [0.2, 0.25) is 5.91 Å². The maximum atomic E-state index is 12.9. The predicted molar refractivity (Wildman–Crippen MR) is 122 cm³/mol. The minimum Gasteiger partial charge on any atom is -0.342 e. The summed E-state index contributed by atoms with van der Waals surface area (Å²) in [5.74, 6) is -0.816. The van der Waals surface area contributed by atoms with E-state index < -0.39 is 5.91 Å². The van der Waals surface area contributed by atoms with Gasteiger partial charge in [0, 0.05) is 17.6 Å². The molecular formula is C24H28N4O3. The van der Waals surface area contributed by atoms with Crippen LogP contribution in [-0.4, -0.2) is 28.1 Å². The molecule has 0 atom stereocenters. The van der Waals surface area contributed by atoms with Gasteiger partial charge in [-0.3, -0.25) is 14.4 Å². The monoisotopic (exact) mass is 420 g/mol. The van der Waals surface area contributed by atoms with Crippen molar-refractivity contribution < 1.29 is 9.59 Å². The third-order valence-electron chi connectivity index (χ3n) is 5.21. The fraction of sp³-hybridized carbons (Fsp3) is 0.333. The summed E-state index contributed by atoms with van der Waals surface area (Å²) in [6.07, 6.45) is 2.80. The summed E-state index contributed by atoms with van der Waals surface area (Å²) in [5.41, 5.74) is 2.58. The molecule has 1 heterocycles. The summed E-state index contributed by atoms with van der Waals surface area (Å²) in [7, 11) is 0. The Morgan fingerprint density at radius 2 is 1.65 bits per heavy atom. The predicted octanol–water partition coefficient (Wildman–Crippen LogP) is 3.57. The maximum absolute atomic E-state index is 12.9. The van der Waals surface area contributed by atoms with E-state index in [0.717, 1.165) is 36.1 Å². The smallest absolute Gasteiger partial charge is 0.274 e. The summed E-state index contributed by atoms with van der Waals surface area (Å²) in [6.45, 7) is 6.17. The molecule has 0 bridgehead atoms. The zero-order valence-corrected chi connectivity index (χ0v) is 18.2. The van der Waals surface area contributed by atoms with Crippen molar-refractivity contribution in [1.82, 2.24) is 15.1 Å². The van der Waals surface area contributed by atoms with Gasteiger partial charge in [-0.25, -0.2) is 4.68 Å². The van der Waals surface area contributed by atoms with Gasteiger partial charge in [-0.2, -0.15) is 5.10 Å². The van der Waals surface area contributed by atoms with Gasteiger partial charge in [0.15, 0.2) is 5.69 Å². The Kier molecular flexibility index (Phi) is 7.18. The van der Waals surface area contributed by atoms with Crippen LogP contribution in [0.1, 0.15) is 47.8 Å². The second-order valence-electron chi connectivity index (χ2n) is 7.63. The van der Waals surface area contributed by atoms with Gasteiger partial charge in [0.25, 0.3) is 11.5 Å². The number of hydrogen-bond acceptors (Lipinski definition) is 4. The Hall–Kier alpha value is -3.48. The Morgan fingerprint density at radius 3 is 2.32 bits per heavy atom. The highest BCUT2D eigenvalue weighted by Gasteiger charge is 2.17. The summed E-state index contributed by atoms with van der Waals surface area (Å²) in [6, 6.07) is 12.7. The first-order valence-electron chi connectivity index (χ1n) is 10.6. The number of para-hydroxylation sites is 1. The van der Waals surface area contributed by atoms with Gasteiger partial charge in [-0.05, 0) is 37.5 Å². The number of aromatic nitrogens is 2. The number of aryl methyl sites for hydroxylation is 3. The van der Waals surface area contributed by atoms with Crippen LogP contribution in [0.4, 0.5) is 5.69 Å². The second kappa shape index (κ2) is 10.0. The van der Waals surface area contributed by atoms with Gasteiger partial charge in [-0.1, -0.05) is 56.2 Å². The number of rotatable bonds is 8. The number of nitrogens with one attached hydrogen (secondary N) is 2. The van der Waals surface area contributed by atoms with Gasteiger partial charge in [0.05, 0.1) is 11.9 Å². The van der Waals surface area contributed by atoms with Crippen LogP contribution in [0, 0.1) is 13.8 Å². The lowest BCUT2D eigenvalue weighted by Crippen LogP contribution is -2.35. The van der Waals surface area contributed by atoms with E-state index in [4.69, 9.17) is 0 Å². The number of unbranched alkanes of at least 4 members (excludes halogenated alkanes) is 2. The fourth-order valence-electron chi connectivity index (χ4n) is 3.51. The molecule has 0 aliphatic rings. The largest absolute Gasteiger partial charge is 0.342 e. The summed E-state index contributed by atoms with van der Waals surface area (Å²) in [5, 5.41) is 10.7. The SMILES string of the molecule is CCCCCn1nc(C(=O)NCC(=O)Nc2c(C)cccc2C)c2ccccc2c1=O. The summed E-state index contributed by atoms with van der Waals surface area (Å²) >= 11 is 0. The van der Waals surface area contributed by atoms with Crippen molar-refractivity contribution in [3.05, 3.63) is 69.6 Å². The number of anilines is 1.